The number of carbonyl (C=O) groups excluding carboxylic acids is 1. The third kappa shape index (κ3) is 3.36. The molecule has 1 aromatic heterocycles. The van der Waals surface area contributed by atoms with Gasteiger partial charge in [-0.15, -0.1) is 11.3 Å². The Labute approximate surface area is 123 Å². The molecule has 1 heterocycles. The van der Waals surface area contributed by atoms with E-state index in [1.807, 2.05) is 37.1 Å². The van der Waals surface area contributed by atoms with Crippen LogP contribution in [-0.2, 0) is 11.3 Å². The summed E-state index contributed by atoms with van der Waals surface area (Å²) in [5, 5.41) is 0.828. The second-order valence-electron chi connectivity index (χ2n) is 4.46. The van der Waals surface area contributed by atoms with Crippen molar-refractivity contribution in [2.45, 2.75) is 20.4 Å². The number of thiazole rings is 1. The molecule has 106 valence electrons. The van der Waals surface area contributed by atoms with E-state index >= 15 is 0 Å². The number of aryl methyl sites for hydroxylation is 1. The molecular formula is C15H18N2O2S. The van der Waals surface area contributed by atoms with Gasteiger partial charge in [-0.3, -0.25) is 0 Å². The van der Waals surface area contributed by atoms with Gasteiger partial charge in [0.2, 0.25) is 0 Å². The average Bonchev–Trinajstić information content (AvgIpc) is 2.82. The highest BCUT2D eigenvalue weighted by Gasteiger charge is 2.18. The van der Waals surface area contributed by atoms with E-state index in [4.69, 9.17) is 4.74 Å². The number of hydrogen-bond donors (Lipinski definition) is 0. The lowest BCUT2D eigenvalue weighted by Crippen LogP contribution is -2.16. The number of hydrogen-bond acceptors (Lipinski definition) is 5. The van der Waals surface area contributed by atoms with Crippen molar-refractivity contribution in [2.24, 2.45) is 0 Å². The molecule has 0 radical (unpaired) electrons. The summed E-state index contributed by atoms with van der Waals surface area (Å²) in [6.45, 7) is 4.81. The molecule has 0 saturated carbocycles. The summed E-state index contributed by atoms with van der Waals surface area (Å²) in [6, 6.07) is 10.2. The van der Waals surface area contributed by atoms with Gasteiger partial charge in [0.1, 0.15) is 0 Å². The molecule has 5 heteroatoms. The van der Waals surface area contributed by atoms with E-state index < -0.39 is 0 Å². The van der Waals surface area contributed by atoms with E-state index in [1.54, 1.807) is 6.92 Å². The minimum Gasteiger partial charge on any atom is -0.461 e. The maximum atomic E-state index is 11.8. The van der Waals surface area contributed by atoms with Crippen molar-refractivity contribution in [1.82, 2.24) is 4.98 Å². The number of benzene rings is 1. The first-order chi connectivity index (χ1) is 9.61. The van der Waals surface area contributed by atoms with Crippen molar-refractivity contribution < 1.29 is 9.53 Å². The van der Waals surface area contributed by atoms with Crippen molar-refractivity contribution in [2.75, 3.05) is 18.6 Å². The molecule has 0 aliphatic heterocycles. The van der Waals surface area contributed by atoms with Crippen LogP contribution in [0.5, 0.6) is 0 Å². The molecule has 0 amide bonds. The molecule has 0 N–H and O–H groups in total. The maximum absolute atomic E-state index is 11.8. The van der Waals surface area contributed by atoms with E-state index in [-0.39, 0.29) is 5.97 Å². The lowest BCUT2D eigenvalue weighted by Gasteiger charge is -2.15. The molecule has 0 fully saturated rings. The van der Waals surface area contributed by atoms with Gasteiger partial charge in [0.25, 0.3) is 0 Å². The molecule has 0 atom stereocenters. The van der Waals surface area contributed by atoms with E-state index in [0.717, 1.165) is 16.6 Å². The van der Waals surface area contributed by atoms with Gasteiger partial charge >= 0.3 is 5.97 Å². The van der Waals surface area contributed by atoms with E-state index in [9.17, 15) is 4.79 Å². The van der Waals surface area contributed by atoms with Crippen LogP contribution in [0.15, 0.2) is 30.3 Å². The summed E-state index contributed by atoms with van der Waals surface area (Å²) in [5.74, 6) is -0.347. The number of rotatable bonds is 5. The third-order valence-electron chi connectivity index (χ3n) is 2.84. The molecule has 0 saturated heterocycles. The molecule has 20 heavy (non-hydrogen) atoms. The lowest BCUT2D eigenvalue weighted by atomic mass is 10.2. The average molecular weight is 290 g/mol. The second-order valence-corrected chi connectivity index (χ2v) is 5.65. The summed E-state index contributed by atoms with van der Waals surface area (Å²) in [6.07, 6.45) is 0. The summed E-state index contributed by atoms with van der Waals surface area (Å²) in [5.41, 5.74) is 1.63. The van der Waals surface area contributed by atoms with Crippen molar-refractivity contribution in [3.05, 3.63) is 46.5 Å². The largest absolute Gasteiger partial charge is 0.461 e. The Kier molecular flexibility index (Phi) is 4.74. The normalized spacial score (nSPS) is 10.3. The van der Waals surface area contributed by atoms with Crippen LogP contribution < -0.4 is 4.90 Å². The first-order valence-electron chi connectivity index (χ1n) is 6.51. The number of carbonyl (C=O) groups is 1. The van der Waals surface area contributed by atoms with Crippen LogP contribution in [0.1, 0.15) is 27.9 Å². The van der Waals surface area contributed by atoms with Crippen LogP contribution in [0.2, 0.25) is 0 Å². The molecule has 0 spiro atoms. The zero-order chi connectivity index (χ0) is 14.5. The molecule has 0 unspecified atom stereocenters. The molecule has 0 bridgehead atoms. The molecule has 0 aliphatic carbocycles. The van der Waals surface area contributed by atoms with Gasteiger partial charge < -0.3 is 9.64 Å². The quantitative estimate of drug-likeness (QED) is 0.793. The van der Waals surface area contributed by atoms with Crippen molar-refractivity contribution in [3.63, 3.8) is 0 Å². The molecule has 2 rings (SSSR count). The Bertz CT molecular complexity index is 581. The van der Waals surface area contributed by atoms with Gasteiger partial charge in [-0.05, 0) is 19.4 Å². The van der Waals surface area contributed by atoms with Gasteiger partial charge in [-0.1, -0.05) is 30.3 Å². The Hall–Kier alpha value is -1.88. The summed E-state index contributed by atoms with van der Waals surface area (Å²) >= 11 is 1.51. The molecule has 0 aliphatic rings. The van der Waals surface area contributed by atoms with Gasteiger partial charge in [-0.25, -0.2) is 9.78 Å². The van der Waals surface area contributed by atoms with Crippen LogP contribution in [0.3, 0.4) is 0 Å². The molecule has 4 nitrogen and oxygen atoms in total. The van der Waals surface area contributed by atoms with E-state index in [1.165, 1.54) is 16.9 Å². The summed E-state index contributed by atoms with van der Waals surface area (Å²) < 4.78 is 5.01. The van der Waals surface area contributed by atoms with Crippen LogP contribution in [0.4, 0.5) is 5.13 Å². The Morgan fingerprint density at radius 3 is 2.70 bits per heavy atom. The topological polar surface area (TPSA) is 42.4 Å². The van der Waals surface area contributed by atoms with Gasteiger partial charge in [-0.2, -0.15) is 0 Å². The van der Waals surface area contributed by atoms with E-state index in [2.05, 4.69) is 17.1 Å². The van der Waals surface area contributed by atoms with Gasteiger partial charge in [0.15, 0.2) is 10.8 Å². The fourth-order valence-electron chi connectivity index (χ4n) is 1.86. The fourth-order valence-corrected chi connectivity index (χ4v) is 2.72. The predicted octanol–water partition coefficient (Wildman–Crippen LogP) is 3.26. The zero-order valence-corrected chi connectivity index (χ0v) is 12.7. The van der Waals surface area contributed by atoms with Crippen molar-refractivity contribution in [3.8, 4) is 0 Å². The smallest absolute Gasteiger partial charge is 0.358 e. The number of aromatic nitrogens is 1. The standard InChI is InChI=1S/C15H18N2O2S/c1-4-19-14(18)13-11(2)20-15(16-13)17(3)10-12-8-6-5-7-9-12/h5-9H,4,10H2,1-3H3. The predicted molar refractivity (Wildman–Crippen MR) is 81.4 cm³/mol. The van der Waals surface area contributed by atoms with Crippen molar-refractivity contribution in [1.29, 1.82) is 0 Å². The zero-order valence-electron chi connectivity index (χ0n) is 11.9. The van der Waals surface area contributed by atoms with Crippen LogP contribution in [0.25, 0.3) is 0 Å². The second kappa shape index (κ2) is 6.52. The highest BCUT2D eigenvalue weighted by Crippen LogP contribution is 2.26. The number of nitrogens with zero attached hydrogens (tertiary/aromatic N) is 2. The van der Waals surface area contributed by atoms with E-state index in [0.29, 0.717) is 12.3 Å². The molecule has 2 aromatic rings. The maximum Gasteiger partial charge on any atom is 0.358 e. The molecular weight excluding hydrogens is 272 g/mol. The van der Waals surface area contributed by atoms with Crippen LogP contribution >= 0.6 is 11.3 Å². The van der Waals surface area contributed by atoms with Crippen molar-refractivity contribution >= 4 is 22.4 Å². The summed E-state index contributed by atoms with van der Waals surface area (Å²) in [4.78, 5) is 19.1. The van der Waals surface area contributed by atoms with Crippen LogP contribution in [-0.4, -0.2) is 24.6 Å². The number of anilines is 1. The first kappa shape index (κ1) is 14.5. The molecule has 1 aromatic carbocycles. The van der Waals surface area contributed by atoms with Gasteiger partial charge in [0, 0.05) is 18.5 Å². The number of ether oxygens (including phenoxy) is 1. The Morgan fingerprint density at radius 2 is 2.05 bits per heavy atom. The van der Waals surface area contributed by atoms with Crippen LogP contribution in [0, 0.1) is 6.92 Å². The monoisotopic (exact) mass is 290 g/mol. The first-order valence-corrected chi connectivity index (χ1v) is 7.33. The number of esters is 1. The minimum atomic E-state index is -0.347. The summed E-state index contributed by atoms with van der Waals surface area (Å²) in [7, 11) is 1.97. The minimum absolute atomic E-state index is 0.347. The third-order valence-corrected chi connectivity index (χ3v) is 3.93. The Morgan fingerprint density at radius 1 is 1.35 bits per heavy atom. The Balaban J connectivity index is 2.13. The lowest BCUT2D eigenvalue weighted by molar-refractivity contribution is 0.0519. The SMILES string of the molecule is CCOC(=O)c1nc(N(C)Cc2ccccc2)sc1C. The van der Waals surface area contributed by atoms with Gasteiger partial charge in [0.05, 0.1) is 6.61 Å². The fraction of sp³-hybridized carbons (Fsp3) is 0.333. The highest BCUT2D eigenvalue weighted by molar-refractivity contribution is 7.15. The highest BCUT2D eigenvalue weighted by atomic mass is 32.1.